The number of unbranched alkanes of at least 4 members (excludes halogenated alkanes) is 5. The minimum Gasteiger partial charge on any atom is -0.350 e. The lowest BCUT2D eigenvalue weighted by molar-refractivity contribution is 0.0953. The van der Waals surface area contributed by atoms with E-state index in [1.165, 1.54) is 43.4 Å². The Bertz CT molecular complexity index is 517. The SMILES string of the molecule is CCCCCCCCNC(=O)c1nc2ccccc2s1. The minimum atomic E-state index is -0.0419. The van der Waals surface area contributed by atoms with E-state index >= 15 is 0 Å². The van der Waals surface area contributed by atoms with Crippen LogP contribution in [0.25, 0.3) is 10.2 Å². The van der Waals surface area contributed by atoms with Gasteiger partial charge < -0.3 is 5.32 Å². The molecule has 1 amide bonds. The Kier molecular flexibility index (Phi) is 5.99. The molecule has 0 saturated carbocycles. The van der Waals surface area contributed by atoms with Crippen LogP contribution in [-0.4, -0.2) is 17.4 Å². The van der Waals surface area contributed by atoms with Gasteiger partial charge in [0.05, 0.1) is 10.2 Å². The van der Waals surface area contributed by atoms with Crippen molar-refractivity contribution >= 4 is 27.5 Å². The molecule has 3 nitrogen and oxygen atoms in total. The molecule has 0 aliphatic rings. The van der Waals surface area contributed by atoms with E-state index in [2.05, 4.69) is 17.2 Å². The smallest absolute Gasteiger partial charge is 0.280 e. The predicted molar refractivity (Wildman–Crippen MR) is 85.3 cm³/mol. The van der Waals surface area contributed by atoms with Gasteiger partial charge in [0.2, 0.25) is 0 Å². The van der Waals surface area contributed by atoms with Gasteiger partial charge in [-0.1, -0.05) is 51.2 Å². The van der Waals surface area contributed by atoms with Crippen molar-refractivity contribution in [1.82, 2.24) is 10.3 Å². The highest BCUT2D eigenvalue weighted by atomic mass is 32.1. The van der Waals surface area contributed by atoms with Gasteiger partial charge in [0.1, 0.15) is 0 Å². The van der Waals surface area contributed by atoms with Crippen molar-refractivity contribution < 1.29 is 4.79 Å². The molecule has 0 radical (unpaired) electrons. The Hall–Kier alpha value is -1.42. The predicted octanol–water partition coefficient (Wildman–Crippen LogP) is 4.39. The van der Waals surface area contributed by atoms with E-state index in [1.54, 1.807) is 0 Å². The van der Waals surface area contributed by atoms with E-state index in [9.17, 15) is 4.79 Å². The first kappa shape index (κ1) is 15.0. The fourth-order valence-electron chi connectivity index (χ4n) is 2.15. The third-order valence-corrected chi connectivity index (χ3v) is 4.34. The highest BCUT2D eigenvalue weighted by Crippen LogP contribution is 2.21. The Morgan fingerprint density at radius 3 is 2.70 bits per heavy atom. The number of thiazole rings is 1. The van der Waals surface area contributed by atoms with Crippen LogP contribution in [0.2, 0.25) is 0 Å². The van der Waals surface area contributed by atoms with Gasteiger partial charge in [0, 0.05) is 6.54 Å². The van der Waals surface area contributed by atoms with Crippen LogP contribution in [-0.2, 0) is 0 Å². The van der Waals surface area contributed by atoms with Gasteiger partial charge in [-0.15, -0.1) is 11.3 Å². The normalized spacial score (nSPS) is 10.8. The van der Waals surface area contributed by atoms with Crippen molar-refractivity contribution in [1.29, 1.82) is 0 Å². The van der Waals surface area contributed by atoms with E-state index in [4.69, 9.17) is 0 Å². The lowest BCUT2D eigenvalue weighted by Crippen LogP contribution is -2.24. The summed E-state index contributed by atoms with van der Waals surface area (Å²) in [6.45, 7) is 2.97. The molecule has 0 spiro atoms. The highest BCUT2D eigenvalue weighted by Gasteiger charge is 2.10. The van der Waals surface area contributed by atoms with Crippen molar-refractivity contribution in [2.75, 3.05) is 6.54 Å². The summed E-state index contributed by atoms with van der Waals surface area (Å²) >= 11 is 1.46. The summed E-state index contributed by atoms with van der Waals surface area (Å²) in [6.07, 6.45) is 7.42. The number of aromatic nitrogens is 1. The molecule has 0 atom stereocenters. The van der Waals surface area contributed by atoms with Gasteiger partial charge in [-0.05, 0) is 18.6 Å². The maximum absolute atomic E-state index is 12.0. The molecule has 4 heteroatoms. The van der Waals surface area contributed by atoms with E-state index in [0.29, 0.717) is 5.01 Å². The van der Waals surface area contributed by atoms with Crippen LogP contribution in [0.15, 0.2) is 24.3 Å². The molecule has 1 heterocycles. The quantitative estimate of drug-likeness (QED) is 0.733. The van der Waals surface area contributed by atoms with Gasteiger partial charge in [-0.25, -0.2) is 4.98 Å². The number of para-hydroxylation sites is 1. The highest BCUT2D eigenvalue weighted by molar-refractivity contribution is 7.20. The lowest BCUT2D eigenvalue weighted by atomic mass is 10.1. The number of rotatable bonds is 8. The molecule has 20 heavy (non-hydrogen) atoms. The molecule has 0 unspecified atom stereocenters. The van der Waals surface area contributed by atoms with Gasteiger partial charge in [0.15, 0.2) is 5.01 Å². The van der Waals surface area contributed by atoms with Crippen LogP contribution in [0.5, 0.6) is 0 Å². The molecule has 0 fully saturated rings. The number of amides is 1. The number of carbonyl (C=O) groups is 1. The molecule has 108 valence electrons. The third-order valence-electron chi connectivity index (χ3n) is 3.30. The molecule has 1 aromatic carbocycles. The summed E-state index contributed by atoms with van der Waals surface area (Å²) in [5.74, 6) is -0.0419. The maximum Gasteiger partial charge on any atom is 0.280 e. The van der Waals surface area contributed by atoms with E-state index < -0.39 is 0 Å². The number of carbonyl (C=O) groups excluding carboxylic acids is 1. The zero-order valence-corrected chi connectivity index (χ0v) is 12.8. The monoisotopic (exact) mass is 290 g/mol. The van der Waals surface area contributed by atoms with Crippen molar-refractivity contribution in [2.45, 2.75) is 45.4 Å². The fourth-order valence-corrected chi connectivity index (χ4v) is 3.03. The minimum absolute atomic E-state index is 0.0419. The van der Waals surface area contributed by atoms with E-state index in [0.717, 1.165) is 23.2 Å². The van der Waals surface area contributed by atoms with Crippen LogP contribution in [0.4, 0.5) is 0 Å². The second-order valence-corrected chi connectivity index (χ2v) is 6.04. The Labute approximate surface area is 124 Å². The van der Waals surface area contributed by atoms with Crippen molar-refractivity contribution in [3.63, 3.8) is 0 Å². The van der Waals surface area contributed by atoms with Gasteiger partial charge in [0.25, 0.3) is 5.91 Å². The fraction of sp³-hybridized carbons (Fsp3) is 0.500. The van der Waals surface area contributed by atoms with Crippen molar-refractivity contribution in [2.24, 2.45) is 0 Å². The van der Waals surface area contributed by atoms with Crippen LogP contribution in [0.1, 0.15) is 55.3 Å². The first-order valence-electron chi connectivity index (χ1n) is 7.45. The largest absolute Gasteiger partial charge is 0.350 e. The summed E-state index contributed by atoms with van der Waals surface area (Å²) in [4.78, 5) is 16.3. The molecule has 1 aromatic heterocycles. The molecule has 0 bridgehead atoms. The van der Waals surface area contributed by atoms with Crippen molar-refractivity contribution in [3.05, 3.63) is 29.3 Å². The number of hydrogen-bond acceptors (Lipinski definition) is 3. The number of nitrogens with zero attached hydrogens (tertiary/aromatic N) is 1. The average molecular weight is 290 g/mol. The first-order chi connectivity index (χ1) is 9.81. The molecule has 0 aliphatic heterocycles. The van der Waals surface area contributed by atoms with Gasteiger partial charge in [-0.2, -0.15) is 0 Å². The first-order valence-corrected chi connectivity index (χ1v) is 8.26. The van der Waals surface area contributed by atoms with Crippen LogP contribution in [0, 0.1) is 0 Å². The molecular formula is C16H22N2OS. The summed E-state index contributed by atoms with van der Waals surface area (Å²) in [5.41, 5.74) is 0.905. The zero-order chi connectivity index (χ0) is 14.2. The second-order valence-electron chi connectivity index (χ2n) is 5.01. The number of hydrogen-bond donors (Lipinski definition) is 1. The molecule has 0 aliphatic carbocycles. The zero-order valence-electron chi connectivity index (χ0n) is 12.0. The lowest BCUT2D eigenvalue weighted by Gasteiger charge is -2.02. The number of fused-ring (bicyclic) bond motifs is 1. The van der Waals surface area contributed by atoms with Gasteiger partial charge >= 0.3 is 0 Å². The van der Waals surface area contributed by atoms with Crippen LogP contribution >= 0.6 is 11.3 Å². The molecular weight excluding hydrogens is 268 g/mol. The Morgan fingerprint density at radius 1 is 1.15 bits per heavy atom. The molecule has 1 N–H and O–H groups in total. The number of benzene rings is 1. The topological polar surface area (TPSA) is 42.0 Å². The summed E-state index contributed by atoms with van der Waals surface area (Å²) in [7, 11) is 0. The second kappa shape index (κ2) is 8.00. The van der Waals surface area contributed by atoms with Crippen LogP contribution in [0.3, 0.4) is 0 Å². The Balaban J connectivity index is 1.72. The van der Waals surface area contributed by atoms with E-state index in [-0.39, 0.29) is 5.91 Å². The molecule has 2 aromatic rings. The average Bonchev–Trinajstić information content (AvgIpc) is 2.90. The van der Waals surface area contributed by atoms with Gasteiger partial charge in [-0.3, -0.25) is 4.79 Å². The van der Waals surface area contributed by atoms with E-state index in [1.807, 2.05) is 24.3 Å². The molecule has 2 rings (SSSR count). The standard InChI is InChI=1S/C16H22N2OS/c1-2-3-4-5-6-9-12-17-15(19)16-18-13-10-7-8-11-14(13)20-16/h7-8,10-11H,2-6,9,12H2,1H3,(H,17,19). The molecule has 0 saturated heterocycles. The van der Waals surface area contributed by atoms with Crippen molar-refractivity contribution in [3.8, 4) is 0 Å². The summed E-state index contributed by atoms with van der Waals surface area (Å²) in [5, 5.41) is 3.53. The summed E-state index contributed by atoms with van der Waals surface area (Å²) < 4.78 is 1.07. The third kappa shape index (κ3) is 4.30. The van der Waals surface area contributed by atoms with Crippen LogP contribution < -0.4 is 5.32 Å². The number of nitrogens with one attached hydrogen (secondary N) is 1. The summed E-state index contributed by atoms with van der Waals surface area (Å²) in [6, 6.07) is 7.85. The maximum atomic E-state index is 12.0. The Morgan fingerprint density at radius 2 is 1.90 bits per heavy atom.